The number of pyridine rings is 1. The van der Waals surface area contributed by atoms with E-state index < -0.39 is 0 Å². The fourth-order valence-electron chi connectivity index (χ4n) is 1.40. The Bertz CT molecular complexity index is 269. The Labute approximate surface area is 71.7 Å². The summed E-state index contributed by atoms with van der Waals surface area (Å²) in [6, 6.07) is 2.47. The molecule has 0 amide bonds. The molecule has 1 aliphatic heterocycles. The van der Waals surface area contributed by atoms with Crippen molar-refractivity contribution >= 4 is 0 Å². The fourth-order valence-corrected chi connectivity index (χ4v) is 1.40. The number of nitrogens with one attached hydrogen (secondary N) is 1. The van der Waals surface area contributed by atoms with Crippen LogP contribution in [0.2, 0.25) is 0 Å². The Morgan fingerprint density at radius 3 is 3.17 bits per heavy atom. The third-order valence-corrected chi connectivity index (χ3v) is 2.03. The summed E-state index contributed by atoms with van der Waals surface area (Å²) in [6.07, 6.45) is 4.78. The Kier molecular flexibility index (Phi) is 2.06. The van der Waals surface area contributed by atoms with Gasteiger partial charge in [0.05, 0.1) is 12.6 Å². The smallest absolute Gasteiger partial charge is 0.0701 e. The van der Waals surface area contributed by atoms with Crippen molar-refractivity contribution < 1.29 is 4.84 Å². The molecule has 1 aliphatic rings. The van der Waals surface area contributed by atoms with Crippen LogP contribution < -0.4 is 5.48 Å². The van der Waals surface area contributed by atoms with Crippen LogP contribution in [0.1, 0.15) is 23.6 Å². The second-order valence-electron chi connectivity index (χ2n) is 3.10. The minimum absolute atomic E-state index is 0.331. The van der Waals surface area contributed by atoms with Crippen molar-refractivity contribution in [3.05, 3.63) is 29.6 Å². The molecule has 0 bridgehead atoms. The molecule has 0 saturated carbocycles. The molecule has 0 radical (unpaired) electrons. The highest BCUT2D eigenvalue weighted by Crippen LogP contribution is 2.20. The largest absolute Gasteiger partial charge is 0.301 e. The molecular formula is C9H12N2O. The molecule has 0 spiro atoms. The van der Waals surface area contributed by atoms with Crippen molar-refractivity contribution in [3.8, 4) is 0 Å². The van der Waals surface area contributed by atoms with Crippen molar-refractivity contribution in [2.45, 2.75) is 19.4 Å². The molecule has 0 aromatic carbocycles. The molecule has 12 heavy (non-hydrogen) atoms. The van der Waals surface area contributed by atoms with Crippen molar-refractivity contribution in [1.29, 1.82) is 0 Å². The van der Waals surface area contributed by atoms with Gasteiger partial charge in [0.25, 0.3) is 0 Å². The second-order valence-corrected chi connectivity index (χ2v) is 3.10. The Morgan fingerprint density at radius 2 is 2.50 bits per heavy atom. The number of hydroxylamine groups is 1. The molecule has 1 aromatic heterocycles. The predicted octanol–water partition coefficient (Wildman–Crippen LogP) is 1.36. The molecule has 3 heteroatoms. The van der Waals surface area contributed by atoms with Crippen LogP contribution in [0.25, 0.3) is 0 Å². The molecule has 1 aromatic rings. The van der Waals surface area contributed by atoms with E-state index >= 15 is 0 Å². The zero-order valence-electron chi connectivity index (χ0n) is 7.08. The van der Waals surface area contributed by atoms with Gasteiger partial charge in [-0.15, -0.1) is 0 Å². The molecule has 2 rings (SSSR count). The molecule has 1 atom stereocenters. The van der Waals surface area contributed by atoms with Crippen LogP contribution in [0.5, 0.6) is 0 Å². The minimum atomic E-state index is 0.331. The summed E-state index contributed by atoms with van der Waals surface area (Å²) in [4.78, 5) is 9.21. The monoisotopic (exact) mass is 164 g/mol. The average Bonchev–Trinajstić information content (AvgIpc) is 2.56. The van der Waals surface area contributed by atoms with Gasteiger partial charge < -0.3 is 4.84 Å². The molecule has 3 nitrogen and oxygen atoms in total. The molecule has 2 heterocycles. The zero-order chi connectivity index (χ0) is 8.39. The fraction of sp³-hybridized carbons (Fsp3) is 0.444. The first-order chi connectivity index (χ1) is 5.86. The van der Waals surface area contributed by atoms with E-state index in [1.165, 1.54) is 11.1 Å². The summed E-state index contributed by atoms with van der Waals surface area (Å²) in [6.45, 7) is 2.84. The number of aromatic nitrogens is 1. The van der Waals surface area contributed by atoms with Crippen LogP contribution >= 0.6 is 0 Å². The average molecular weight is 164 g/mol. The van der Waals surface area contributed by atoms with Crippen LogP contribution in [0.3, 0.4) is 0 Å². The van der Waals surface area contributed by atoms with Gasteiger partial charge in [0.2, 0.25) is 0 Å². The lowest BCUT2D eigenvalue weighted by Crippen LogP contribution is -2.11. The molecule has 64 valence electrons. The van der Waals surface area contributed by atoms with Gasteiger partial charge in [0, 0.05) is 12.4 Å². The summed E-state index contributed by atoms with van der Waals surface area (Å²) in [5.41, 5.74) is 5.37. The number of aryl methyl sites for hydroxylation is 1. The molecule has 0 unspecified atom stereocenters. The summed E-state index contributed by atoms with van der Waals surface area (Å²) in [7, 11) is 0. The third-order valence-electron chi connectivity index (χ3n) is 2.03. The van der Waals surface area contributed by atoms with Gasteiger partial charge in [-0.05, 0) is 24.5 Å². The Balaban J connectivity index is 2.21. The maximum atomic E-state index is 5.07. The number of hydrogen-bond donors (Lipinski definition) is 1. The van der Waals surface area contributed by atoms with Crippen LogP contribution in [-0.2, 0) is 4.84 Å². The first-order valence-corrected chi connectivity index (χ1v) is 4.15. The maximum absolute atomic E-state index is 5.07. The Hall–Kier alpha value is -0.930. The normalized spacial score (nSPS) is 22.9. The lowest BCUT2D eigenvalue weighted by Gasteiger charge is -2.07. The van der Waals surface area contributed by atoms with E-state index in [2.05, 4.69) is 16.5 Å². The van der Waals surface area contributed by atoms with Gasteiger partial charge in [-0.1, -0.05) is 6.07 Å². The summed E-state index contributed by atoms with van der Waals surface area (Å²) in [5.74, 6) is 0. The SMILES string of the molecule is Cc1cncc([C@@H]2CCON2)c1. The first-order valence-electron chi connectivity index (χ1n) is 4.15. The van der Waals surface area contributed by atoms with E-state index in [1.807, 2.05) is 19.3 Å². The van der Waals surface area contributed by atoms with Crippen molar-refractivity contribution in [2.75, 3.05) is 6.61 Å². The number of hydrogen-bond acceptors (Lipinski definition) is 3. The van der Waals surface area contributed by atoms with Gasteiger partial charge in [-0.2, -0.15) is 5.48 Å². The number of rotatable bonds is 1. The predicted molar refractivity (Wildman–Crippen MR) is 45.4 cm³/mol. The maximum Gasteiger partial charge on any atom is 0.0701 e. The van der Waals surface area contributed by atoms with Gasteiger partial charge in [0.15, 0.2) is 0 Å². The minimum Gasteiger partial charge on any atom is -0.301 e. The van der Waals surface area contributed by atoms with Gasteiger partial charge in [-0.3, -0.25) is 4.98 Å². The molecule has 0 aliphatic carbocycles. The lowest BCUT2D eigenvalue weighted by molar-refractivity contribution is 0.0882. The molecule has 1 saturated heterocycles. The van der Waals surface area contributed by atoms with E-state index in [-0.39, 0.29) is 0 Å². The zero-order valence-corrected chi connectivity index (χ0v) is 7.08. The van der Waals surface area contributed by atoms with E-state index in [1.54, 1.807) is 0 Å². The lowest BCUT2D eigenvalue weighted by atomic mass is 10.1. The summed E-state index contributed by atoms with van der Waals surface area (Å²) >= 11 is 0. The van der Waals surface area contributed by atoms with Crippen LogP contribution in [-0.4, -0.2) is 11.6 Å². The van der Waals surface area contributed by atoms with Crippen molar-refractivity contribution in [1.82, 2.24) is 10.5 Å². The molecule has 1 fully saturated rings. The van der Waals surface area contributed by atoms with Gasteiger partial charge >= 0.3 is 0 Å². The first kappa shape index (κ1) is 7.71. The quantitative estimate of drug-likeness (QED) is 0.680. The molecule has 1 N–H and O–H groups in total. The molecular weight excluding hydrogens is 152 g/mol. The highest BCUT2D eigenvalue weighted by molar-refractivity contribution is 5.20. The van der Waals surface area contributed by atoms with E-state index in [9.17, 15) is 0 Å². The highest BCUT2D eigenvalue weighted by atomic mass is 16.7. The van der Waals surface area contributed by atoms with Crippen molar-refractivity contribution in [3.63, 3.8) is 0 Å². The summed E-state index contributed by atoms with van der Waals surface area (Å²) in [5, 5.41) is 0. The topological polar surface area (TPSA) is 34.1 Å². The summed E-state index contributed by atoms with van der Waals surface area (Å²) < 4.78 is 0. The van der Waals surface area contributed by atoms with Crippen LogP contribution in [0.15, 0.2) is 18.5 Å². The van der Waals surface area contributed by atoms with E-state index in [0.29, 0.717) is 6.04 Å². The van der Waals surface area contributed by atoms with Crippen molar-refractivity contribution in [2.24, 2.45) is 0 Å². The van der Waals surface area contributed by atoms with E-state index in [0.717, 1.165) is 13.0 Å². The standard InChI is InChI=1S/C9H12N2O/c1-7-4-8(6-10-5-7)9-2-3-12-11-9/h4-6,9,11H,2-3H2,1H3/t9-/m0/s1. The van der Waals surface area contributed by atoms with Gasteiger partial charge in [0.1, 0.15) is 0 Å². The number of nitrogens with zero attached hydrogens (tertiary/aromatic N) is 1. The second kappa shape index (κ2) is 3.21. The third kappa shape index (κ3) is 1.47. The van der Waals surface area contributed by atoms with Gasteiger partial charge in [-0.25, -0.2) is 0 Å². The van der Waals surface area contributed by atoms with Crippen LogP contribution in [0, 0.1) is 6.92 Å². The van der Waals surface area contributed by atoms with E-state index in [4.69, 9.17) is 4.84 Å². The highest BCUT2D eigenvalue weighted by Gasteiger charge is 2.16. The van der Waals surface area contributed by atoms with Crippen LogP contribution in [0.4, 0.5) is 0 Å². The Morgan fingerprint density at radius 1 is 1.58 bits per heavy atom.